The van der Waals surface area contributed by atoms with Gasteiger partial charge in [0.15, 0.2) is 0 Å². The van der Waals surface area contributed by atoms with Gasteiger partial charge in [-0.15, -0.1) is 0 Å². The summed E-state index contributed by atoms with van der Waals surface area (Å²) in [7, 11) is 0. The number of aryl methyl sites for hydroxylation is 1. The summed E-state index contributed by atoms with van der Waals surface area (Å²) in [6, 6.07) is 6.16. The standard InChI is InChI=1S/C15H21N3/c1-3-15(7-8-15)11-16-10-13-12(2)17-14-6-4-5-9-18(13)14/h4-6,9,16H,3,7-8,10-11H2,1-2H3. The van der Waals surface area contributed by atoms with Gasteiger partial charge < -0.3 is 9.72 Å². The van der Waals surface area contributed by atoms with Gasteiger partial charge in [-0.05, 0) is 43.7 Å². The minimum atomic E-state index is 0.606. The van der Waals surface area contributed by atoms with Crippen LogP contribution in [0.3, 0.4) is 0 Å². The molecule has 3 heteroatoms. The van der Waals surface area contributed by atoms with Gasteiger partial charge >= 0.3 is 0 Å². The normalized spacial score (nSPS) is 17.2. The zero-order chi connectivity index (χ0) is 12.6. The Balaban J connectivity index is 1.72. The van der Waals surface area contributed by atoms with E-state index in [4.69, 9.17) is 0 Å². The van der Waals surface area contributed by atoms with Crippen molar-refractivity contribution in [3.63, 3.8) is 0 Å². The SMILES string of the molecule is CCC1(CNCc2c(C)nc3ccccn23)CC1. The maximum Gasteiger partial charge on any atom is 0.137 e. The molecule has 0 bridgehead atoms. The highest BCUT2D eigenvalue weighted by molar-refractivity contribution is 5.42. The van der Waals surface area contributed by atoms with Crippen LogP contribution in [-0.4, -0.2) is 15.9 Å². The highest BCUT2D eigenvalue weighted by Gasteiger charge is 2.39. The van der Waals surface area contributed by atoms with Crippen LogP contribution in [0, 0.1) is 12.3 Å². The second-order valence-electron chi connectivity index (χ2n) is 5.53. The third-order valence-electron chi connectivity index (χ3n) is 4.33. The molecule has 3 rings (SSSR count). The van der Waals surface area contributed by atoms with E-state index in [9.17, 15) is 0 Å². The summed E-state index contributed by atoms with van der Waals surface area (Å²) in [5.74, 6) is 0. The smallest absolute Gasteiger partial charge is 0.137 e. The van der Waals surface area contributed by atoms with Crippen molar-refractivity contribution < 1.29 is 0 Å². The number of hydrogen-bond donors (Lipinski definition) is 1. The number of rotatable bonds is 5. The second-order valence-corrected chi connectivity index (χ2v) is 5.53. The molecule has 0 spiro atoms. The van der Waals surface area contributed by atoms with E-state index >= 15 is 0 Å². The Morgan fingerprint density at radius 3 is 2.94 bits per heavy atom. The van der Waals surface area contributed by atoms with Crippen molar-refractivity contribution in [1.82, 2.24) is 14.7 Å². The van der Waals surface area contributed by atoms with Crippen molar-refractivity contribution in [3.8, 4) is 0 Å². The number of nitrogens with zero attached hydrogens (tertiary/aromatic N) is 2. The number of aromatic nitrogens is 2. The van der Waals surface area contributed by atoms with Crippen LogP contribution in [0.25, 0.3) is 5.65 Å². The van der Waals surface area contributed by atoms with Crippen molar-refractivity contribution in [1.29, 1.82) is 0 Å². The number of pyridine rings is 1. The van der Waals surface area contributed by atoms with Crippen LogP contribution < -0.4 is 5.32 Å². The first-order chi connectivity index (χ1) is 8.74. The molecule has 0 saturated heterocycles. The lowest BCUT2D eigenvalue weighted by atomic mass is 10.0. The molecule has 0 aromatic carbocycles. The zero-order valence-corrected chi connectivity index (χ0v) is 11.2. The number of hydrogen-bond acceptors (Lipinski definition) is 2. The Bertz CT molecular complexity index is 552. The maximum absolute atomic E-state index is 4.59. The first-order valence-corrected chi connectivity index (χ1v) is 6.87. The zero-order valence-electron chi connectivity index (χ0n) is 11.2. The molecule has 0 radical (unpaired) electrons. The fourth-order valence-electron chi connectivity index (χ4n) is 2.66. The average Bonchev–Trinajstić information content (AvgIpc) is 3.09. The van der Waals surface area contributed by atoms with Crippen molar-refractivity contribution in [2.75, 3.05) is 6.54 Å². The molecule has 1 N–H and O–H groups in total. The van der Waals surface area contributed by atoms with Crippen molar-refractivity contribution in [3.05, 3.63) is 35.8 Å². The minimum Gasteiger partial charge on any atom is -0.311 e. The van der Waals surface area contributed by atoms with Gasteiger partial charge in [-0.2, -0.15) is 0 Å². The average molecular weight is 243 g/mol. The van der Waals surface area contributed by atoms with E-state index < -0.39 is 0 Å². The molecule has 0 aliphatic heterocycles. The molecule has 0 amide bonds. The molecule has 1 aliphatic carbocycles. The van der Waals surface area contributed by atoms with E-state index in [1.54, 1.807) is 0 Å². The van der Waals surface area contributed by atoms with Crippen molar-refractivity contribution >= 4 is 5.65 Å². The molecular weight excluding hydrogens is 222 g/mol. The number of fused-ring (bicyclic) bond motifs is 1. The Hall–Kier alpha value is -1.35. The van der Waals surface area contributed by atoms with E-state index in [2.05, 4.69) is 46.9 Å². The molecule has 1 saturated carbocycles. The topological polar surface area (TPSA) is 29.3 Å². The van der Waals surface area contributed by atoms with Crippen LogP contribution in [0.15, 0.2) is 24.4 Å². The predicted octanol–water partition coefficient (Wildman–Crippen LogP) is 2.92. The van der Waals surface area contributed by atoms with Crippen LogP contribution >= 0.6 is 0 Å². The summed E-state index contributed by atoms with van der Waals surface area (Å²) in [5, 5.41) is 3.61. The molecule has 0 unspecified atom stereocenters. The van der Waals surface area contributed by atoms with Gasteiger partial charge in [-0.3, -0.25) is 0 Å². The van der Waals surface area contributed by atoms with Gasteiger partial charge in [0, 0.05) is 19.3 Å². The molecular formula is C15H21N3. The summed E-state index contributed by atoms with van der Waals surface area (Å²) in [6.45, 7) is 6.45. The molecule has 18 heavy (non-hydrogen) atoms. The second kappa shape index (κ2) is 4.39. The quantitative estimate of drug-likeness (QED) is 0.875. The van der Waals surface area contributed by atoms with Gasteiger partial charge in [-0.25, -0.2) is 4.98 Å². The van der Waals surface area contributed by atoms with Crippen LogP contribution in [0.5, 0.6) is 0 Å². The lowest BCUT2D eigenvalue weighted by Gasteiger charge is -2.13. The molecule has 1 fully saturated rings. The van der Waals surface area contributed by atoms with Crippen LogP contribution in [0.4, 0.5) is 0 Å². The van der Waals surface area contributed by atoms with Gasteiger partial charge in [0.1, 0.15) is 5.65 Å². The summed E-state index contributed by atoms with van der Waals surface area (Å²) < 4.78 is 2.19. The molecule has 2 aromatic heterocycles. The van der Waals surface area contributed by atoms with Crippen LogP contribution in [0.1, 0.15) is 37.6 Å². The third-order valence-corrected chi connectivity index (χ3v) is 4.33. The Kier molecular flexibility index (Phi) is 2.86. The molecule has 2 heterocycles. The van der Waals surface area contributed by atoms with Gasteiger partial charge in [0.25, 0.3) is 0 Å². The predicted molar refractivity (Wildman–Crippen MR) is 73.6 cm³/mol. The Labute approximate surface area is 108 Å². The van der Waals surface area contributed by atoms with E-state index in [0.29, 0.717) is 5.41 Å². The van der Waals surface area contributed by atoms with E-state index in [-0.39, 0.29) is 0 Å². The van der Waals surface area contributed by atoms with Gasteiger partial charge in [0.05, 0.1) is 11.4 Å². The van der Waals surface area contributed by atoms with E-state index in [1.807, 2.05) is 6.07 Å². The molecule has 1 aliphatic rings. The van der Waals surface area contributed by atoms with Crippen molar-refractivity contribution in [2.45, 2.75) is 39.7 Å². The summed E-state index contributed by atoms with van der Waals surface area (Å²) in [4.78, 5) is 4.59. The minimum absolute atomic E-state index is 0.606. The van der Waals surface area contributed by atoms with Crippen LogP contribution in [0.2, 0.25) is 0 Å². The summed E-state index contributed by atoms with van der Waals surface area (Å²) in [5.41, 5.74) is 4.07. The molecule has 2 aromatic rings. The molecule has 3 nitrogen and oxygen atoms in total. The van der Waals surface area contributed by atoms with E-state index in [1.165, 1.54) is 25.0 Å². The lowest BCUT2D eigenvalue weighted by Crippen LogP contribution is -2.24. The van der Waals surface area contributed by atoms with Gasteiger partial charge in [0.2, 0.25) is 0 Å². The Morgan fingerprint density at radius 1 is 1.39 bits per heavy atom. The Morgan fingerprint density at radius 2 is 2.22 bits per heavy atom. The first kappa shape index (κ1) is 11.7. The largest absolute Gasteiger partial charge is 0.311 e. The van der Waals surface area contributed by atoms with Crippen LogP contribution in [-0.2, 0) is 6.54 Å². The number of imidazole rings is 1. The van der Waals surface area contributed by atoms with Gasteiger partial charge in [-0.1, -0.05) is 13.0 Å². The lowest BCUT2D eigenvalue weighted by molar-refractivity contribution is 0.441. The highest BCUT2D eigenvalue weighted by Crippen LogP contribution is 2.47. The monoisotopic (exact) mass is 243 g/mol. The third kappa shape index (κ3) is 2.03. The molecule has 0 atom stereocenters. The summed E-state index contributed by atoms with van der Waals surface area (Å²) >= 11 is 0. The maximum atomic E-state index is 4.59. The molecule has 96 valence electrons. The first-order valence-electron chi connectivity index (χ1n) is 6.87. The highest BCUT2D eigenvalue weighted by atomic mass is 15.0. The fraction of sp³-hybridized carbons (Fsp3) is 0.533. The van der Waals surface area contributed by atoms with E-state index in [0.717, 1.165) is 24.4 Å². The summed E-state index contributed by atoms with van der Waals surface area (Å²) in [6.07, 6.45) is 6.18. The van der Waals surface area contributed by atoms with Crippen molar-refractivity contribution in [2.24, 2.45) is 5.41 Å². The fourth-order valence-corrected chi connectivity index (χ4v) is 2.66. The number of nitrogens with one attached hydrogen (secondary N) is 1.